The van der Waals surface area contributed by atoms with Gasteiger partial charge in [-0.05, 0) is 294 Å². The van der Waals surface area contributed by atoms with Crippen LogP contribution in [0.25, 0.3) is 241 Å². The number of ketones is 6. The number of aromatic nitrogens is 3. The Bertz CT molecular complexity index is 10400. The third kappa shape index (κ3) is 13.3. The summed E-state index contributed by atoms with van der Waals surface area (Å²) in [6, 6.07) is 136. The van der Waals surface area contributed by atoms with Gasteiger partial charge in [0, 0.05) is 49.4 Å². The minimum absolute atomic E-state index is 0.0144. The smallest absolute Gasteiger partial charge is 0.210 e. The van der Waals surface area contributed by atoms with Crippen molar-refractivity contribution in [1.29, 1.82) is 0 Å². The van der Waals surface area contributed by atoms with Gasteiger partial charge in [0.25, 0.3) is 0 Å². The number of para-hydroxylation sites is 6. The fraction of sp³-hybridized carbons (Fsp3) is 0.100. The predicted molar refractivity (Wildman–Crippen MR) is 615 cm³/mol. The van der Waals surface area contributed by atoms with Gasteiger partial charge in [-0.3, -0.25) is 28.8 Å². The molecule has 6 bridgehead atoms. The van der Waals surface area contributed by atoms with Crippen LogP contribution in [0.3, 0.4) is 0 Å². The number of carbonyl (C=O) groups is 6. The highest BCUT2D eigenvalue weighted by Gasteiger charge is 2.44. The van der Waals surface area contributed by atoms with Crippen molar-refractivity contribution in [3.05, 3.63) is 459 Å². The van der Waals surface area contributed by atoms with Gasteiger partial charge in [-0.25, -0.2) is 0 Å². The van der Waals surface area contributed by atoms with Gasteiger partial charge < -0.3 is 13.7 Å². The second-order valence-electron chi connectivity index (χ2n) is 43.4. The molecule has 9 heteroatoms. The van der Waals surface area contributed by atoms with Gasteiger partial charge in [-0.2, -0.15) is 0 Å². The number of fused-ring (bicyclic) bond motifs is 12. The van der Waals surface area contributed by atoms with Crippen LogP contribution in [-0.4, -0.2) is 48.4 Å². The highest BCUT2D eigenvalue weighted by molar-refractivity contribution is 6.47. The minimum atomic E-state index is -0.553. The lowest BCUT2D eigenvalue weighted by Gasteiger charge is -2.30. The van der Waals surface area contributed by atoms with Crippen LogP contribution in [0, 0.1) is 35.5 Å². The van der Waals surface area contributed by atoms with E-state index in [-0.39, 0.29) is 45.5 Å². The van der Waals surface area contributed by atoms with Crippen molar-refractivity contribution in [2.24, 2.45) is 35.5 Å². The number of carbonyl (C=O) groups excluding carboxylic acids is 6. The van der Waals surface area contributed by atoms with Crippen LogP contribution in [0.5, 0.6) is 0 Å². The summed E-state index contributed by atoms with van der Waals surface area (Å²) >= 11 is 0. The van der Waals surface area contributed by atoms with E-state index in [1.54, 1.807) is 0 Å². The van der Waals surface area contributed by atoms with Crippen molar-refractivity contribution >= 4 is 214 Å². The van der Waals surface area contributed by atoms with E-state index in [2.05, 4.69) is 431 Å². The summed E-state index contributed by atoms with van der Waals surface area (Å²) in [6.07, 6.45) is 17.5. The lowest BCUT2D eigenvalue weighted by Crippen LogP contribution is -2.36. The van der Waals surface area contributed by atoms with E-state index in [1.165, 1.54) is 174 Å². The first-order valence-corrected chi connectivity index (χ1v) is 51.7. The first-order chi connectivity index (χ1) is 72.6. The molecule has 22 aromatic carbocycles. The van der Waals surface area contributed by atoms with Crippen LogP contribution in [-0.2, 0) is 39.6 Å². The van der Waals surface area contributed by atoms with E-state index in [1.807, 2.05) is 54.7 Å². The maximum absolute atomic E-state index is 13.3. The highest BCUT2D eigenvalue weighted by atomic mass is 16.2. The molecule has 0 aliphatic heterocycles. The molecule has 9 aliphatic carbocycles. The zero-order chi connectivity index (χ0) is 100. The van der Waals surface area contributed by atoms with Crippen LogP contribution < -0.4 is 0 Å². The summed E-state index contributed by atoms with van der Waals surface area (Å²) in [5.74, 6) is -4.85. The summed E-state index contributed by atoms with van der Waals surface area (Å²) in [5.41, 5.74) is 28.3. The Hall–Kier alpha value is -18.2. The molecule has 9 aliphatic rings. The number of allylic oxidation sites excluding steroid dienone is 12. The molecule has 0 spiro atoms. The number of hydrogen-bond acceptors (Lipinski definition) is 6. The summed E-state index contributed by atoms with van der Waals surface area (Å²) < 4.78 is 7.03. The molecule has 3 aromatic heterocycles. The third-order valence-electron chi connectivity index (χ3n) is 33.1. The summed E-state index contributed by atoms with van der Waals surface area (Å²) in [4.78, 5) is 77.4. The van der Waals surface area contributed by atoms with Crippen LogP contribution in [0.15, 0.2) is 431 Å². The van der Waals surface area contributed by atoms with Crippen LogP contribution in [0.2, 0.25) is 0 Å². The van der Waals surface area contributed by atoms with Crippen LogP contribution in [0.4, 0.5) is 0 Å². The normalized spacial score (nSPS) is 17.6. The quantitative estimate of drug-likeness (QED) is 0.0765. The molecule has 0 saturated carbocycles. The molecule has 25 aromatic rings. The van der Waals surface area contributed by atoms with Gasteiger partial charge in [0.05, 0.1) is 68.6 Å². The van der Waals surface area contributed by atoms with E-state index in [0.29, 0.717) is 0 Å². The molecular formula is C140H95N3O6. The highest BCUT2D eigenvalue weighted by Crippen LogP contribution is 2.54. The Morgan fingerprint density at radius 2 is 0.477 bits per heavy atom. The molecule has 0 N–H and O–H groups in total. The topological polar surface area (TPSA) is 117 Å². The number of rotatable bonds is 10. The fourth-order valence-corrected chi connectivity index (χ4v) is 25.8. The van der Waals surface area contributed by atoms with E-state index in [0.717, 1.165) is 94.4 Å². The molecule has 0 radical (unpaired) electrons. The molecular weight excluding hydrogens is 1820 g/mol. The number of nitrogens with zero attached hydrogens (tertiary/aromatic N) is 3. The minimum Gasteiger partial charge on any atom is -0.309 e. The van der Waals surface area contributed by atoms with Gasteiger partial charge in [0.15, 0.2) is 0 Å². The fourth-order valence-electron chi connectivity index (χ4n) is 25.8. The summed E-state index contributed by atoms with van der Waals surface area (Å²) in [5, 5.41) is 28.9. The molecule has 706 valence electrons. The first kappa shape index (κ1) is 87.4. The van der Waals surface area contributed by atoms with Crippen molar-refractivity contribution < 1.29 is 28.8 Å². The summed E-state index contributed by atoms with van der Waals surface area (Å²) in [7, 11) is 0. The zero-order valence-electron chi connectivity index (χ0n) is 82.7. The maximum Gasteiger partial charge on any atom is 0.210 e. The molecule has 9 nitrogen and oxygen atoms in total. The Balaban J connectivity index is 0.000000105. The van der Waals surface area contributed by atoms with Crippen molar-refractivity contribution in [3.63, 3.8) is 0 Å². The van der Waals surface area contributed by atoms with Gasteiger partial charge >= 0.3 is 0 Å². The molecule has 149 heavy (non-hydrogen) atoms. The molecule has 6 atom stereocenters. The van der Waals surface area contributed by atoms with Crippen molar-refractivity contribution in [2.45, 2.75) is 52.4 Å². The van der Waals surface area contributed by atoms with Gasteiger partial charge in [-0.15, -0.1) is 0 Å². The maximum atomic E-state index is 13.3. The number of benzene rings is 22. The molecule has 6 unspecified atom stereocenters. The van der Waals surface area contributed by atoms with Gasteiger partial charge in [-0.1, -0.05) is 375 Å². The molecule has 34 rings (SSSR count). The lowest BCUT2D eigenvalue weighted by atomic mass is 9.71. The van der Waals surface area contributed by atoms with Gasteiger partial charge in [0.2, 0.25) is 34.7 Å². The third-order valence-corrected chi connectivity index (χ3v) is 33.1. The summed E-state index contributed by atoms with van der Waals surface area (Å²) in [6.45, 7) is 13.6. The second-order valence-corrected chi connectivity index (χ2v) is 43.4. The Morgan fingerprint density at radius 1 is 0.188 bits per heavy atom. The van der Waals surface area contributed by atoms with E-state index in [9.17, 15) is 28.8 Å². The Morgan fingerprint density at radius 3 is 0.879 bits per heavy atom. The van der Waals surface area contributed by atoms with Crippen molar-refractivity contribution in [2.75, 3.05) is 0 Å². The van der Waals surface area contributed by atoms with E-state index in [4.69, 9.17) is 0 Å². The first-order valence-electron chi connectivity index (χ1n) is 51.7. The van der Waals surface area contributed by atoms with E-state index < -0.39 is 35.5 Å². The van der Waals surface area contributed by atoms with Gasteiger partial charge in [0.1, 0.15) is 0 Å². The largest absolute Gasteiger partial charge is 0.309 e. The lowest BCUT2D eigenvalue weighted by molar-refractivity contribution is -0.139. The number of hydrogen-bond donors (Lipinski definition) is 0. The monoisotopic (exact) mass is 1910 g/mol. The average Bonchev–Trinajstić information content (AvgIpc) is 1.39. The standard InChI is InChI=1S/C48H29NO2.2C46H33NO2/c50-47-33-18-24-40(48(47)51)41(27-33)36-21-15-31-16-22-38-35(20-14-30-17-23-39(36)46(31)45(30)38)29-12-10-28(11-13-29)32-19-25-44-42(26-32)37-8-4-5-9-43(37)49(44)34-6-2-1-3-7-34;1-46(2,3)30-22-27-14-19-34-37(26-12-17-31(18-13-26)47-40-10-6-4-8-32(40)33-9-5-7-11-41(33)47)25-39(35-20-15-28(23-30)42(27)43(34)35)38-24-29-16-21-36(38)45(49)44(29)48;1-46(2,3)30-21-27-13-17-33-36(26-16-20-41-39(23-26)32-11-7-8-12-40(32)47(41)31-9-5-4-6-10-31)25-38(34-18-14-28(22-30)42(27)43(33)34)37-24-29-15-19-35(37)45(49)44(29)48/h1-27,33,40H;4-25,29,36H,1-3H3;4-25,29,35H,1-3H3. The molecule has 0 amide bonds. The van der Waals surface area contributed by atoms with E-state index >= 15 is 0 Å². The Labute approximate surface area is 858 Å². The average molecular weight is 1920 g/mol. The molecule has 0 fully saturated rings. The second kappa shape index (κ2) is 32.7. The SMILES string of the molecule is CC(C)(C)c1cc2ccc3c(C4=CC5C=CC4C(=O)C5=O)cc(-c4ccc(-n5c6ccccc6c6ccccc65)cc4)c4ccc(c1)c2c34.CC(C)(C)c1cc2ccc3c(C4=CC5C=CC4C(=O)C5=O)cc(-c4ccc5c(c4)c4ccccc4n5-c4ccccc4)c4ccc(c1)c2c34.O=C1C(=O)C2C=CC1C=C2c1ccc2ccc3c(-c4ccc(-c5ccc6c(c5)c5ccccc5n6-c5ccccc5)cc4)ccc4ccc1c2c43. The number of Topliss-reactive ketones (excluding diaryl/α,β-unsaturated/α-hetero) is 6. The van der Waals surface area contributed by atoms with Crippen LogP contribution in [0.1, 0.15) is 69.4 Å². The van der Waals surface area contributed by atoms with Crippen LogP contribution >= 0.6 is 0 Å². The predicted octanol–water partition coefficient (Wildman–Crippen LogP) is 33.3. The molecule has 0 saturated heterocycles. The van der Waals surface area contributed by atoms with Crippen molar-refractivity contribution in [3.8, 4) is 61.6 Å². The van der Waals surface area contributed by atoms with Crippen molar-refractivity contribution in [1.82, 2.24) is 13.7 Å². The Kier molecular flexibility index (Phi) is 19.2. The molecule has 3 heterocycles. The zero-order valence-corrected chi connectivity index (χ0v) is 82.7.